The number of hydrogen-bond acceptors (Lipinski definition) is 12. The van der Waals surface area contributed by atoms with E-state index in [0.29, 0.717) is 53.6 Å². The van der Waals surface area contributed by atoms with Gasteiger partial charge in [0.1, 0.15) is 35.4 Å². The van der Waals surface area contributed by atoms with Crippen molar-refractivity contribution in [3.63, 3.8) is 0 Å². The van der Waals surface area contributed by atoms with Gasteiger partial charge in [0.15, 0.2) is 6.23 Å². The third-order valence-electron chi connectivity index (χ3n) is 7.33. The van der Waals surface area contributed by atoms with Crippen molar-refractivity contribution in [3.8, 4) is 5.75 Å². The van der Waals surface area contributed by atoms with Gasteiger partial charge in [0.25, 0.3) is 0 Å². The standard InChI is InChI=1S/C28H36N4O9/c33-13-23-24(37)25(38)26(41-23)32-21-5-2-1-4-20(21)31-27(32)29-12-19-10-17-6-7-18(11-22(17)40-19)39-9-3-8-30-28(14-34,15-35)16-36/h1-2,4-7,10-11,23-26,30,33-38H,3,8-9,12-16H2,(H,29,31)/t23-,24-,25-,26-/m1/s1. The zero-order valence-corrected chi connectivity index (χ0v) is 22.4. The second-order valence-electron chi connectivity index (χ2n) is 10.2. The van der Waals surface area contributed by atoms with Crippen molar-refractivity contribution < 1.29 is 44.5 Å². The number of rotatable bonds is 14. The van der Waals surface area contributed by atoms with Crippen LogP contribution in [-0.2, 0) is 11.3 Å². The van der Waals surface area contributed by atoms with Crippen LogP contribution < -0.4 is 15.4 Å². The molecular formula is C28H36N4O9. The third kappa shape index (κ3) is 6.03. The Bertz CT molecular complexity index is 1430. The molecule has 2 aromatic heterocycles. The van der Waals surface area contributed by atoms with Crippen molar-refractivity contribution in [3.05, 3.63) is 54.3 Å². The lowest BCUT2D eigenvalue weighted by Crippen LogP contribution is -2.55. The van der Waals surface area contributed by atoms with Gasteiger partial charge < -0.3 is 55.2 Å². The maximum atomic E-state index is 10.7. The first-order chi connectivity index (χ1) is 19.9. The summed E-state index contributed by atoms with van der Waals surface area (Å²) in [6.45, 7) is -0.475. The summed E-state index contributed by atoms with van der Waals surface area (Å²) >= 11 is 0. The molecule has 1 aliphatic rings. The van der Waals surface area contributed by atoms with E-state index in [1.165, 1.54) is 0 Å². The fraction of sp³-hybridized carbons (Fsp3) is 0.464. The van der Waals surface area contributed by atoms with E-state index in [0.717, 1.165) is 5.39 Å². The molecule has 0 spiro atoms. The summed E-state index contributed by atoms with van der Waals surface area (Å²) in [6, 6.07) is 14.8. The van der Waals surface area contributed by atoms with Gasteiger partial charge in [-0.2, -0.15) is 0 Å². The van der Waals surface area contributed by atoms with E-state index in [-0.39, 0.29) is 26.4 Å². The molecule has 3 heterocycles. The molecule has 0 bridgehead atoms. The van der Waals surface area contributed by atoms with E-state index in [9.17, 15) is 30.6 Å². The zero-order valence-electron chi connectivity index (χ0n) is 22.4. The molecule has 4 atom stereocenters. The number of nitrogens with zero attached hydrogens (tertiary/aromatic N) is 2. The highest BCUT2D eigenvalue weighted by Crippen LogP contribution is 2.35. The highest BCUT2D eigenvalue weighted by Gasteiger charge is 2.44. The first-order valence-electron chi connectivity index (χ1n) is 13.5. The van der Waals surface area contributed by atoms with Crippen LogP contribution in [0, 0.1) is 0 Å². The average molecular weight is 573 g/mol. The summed E-state index contributed by atoms with van der Waals surface area (Å²) in [4.78, 5) is 4.64. The van der Waals surface area contributed by atoms with Crippen LogP contribution in [0.1, 0.15) is 18.4 Å². The molecule has 1 fully saturated rings. The molecule has 0 radical (unpaired) electrons. The number of fused-ring (bicyclic) bond motifs is 2. The topological polar surface area (TPSA) is 195 Å². The number of imidazole rings is 1. The fourth-order valence-electron chi connectivity index (χ4n) is 4.86. The maximum Gasteiger partial charge on any atom is 0.206 e. The van der Waals surface area contributed by atoms with Crippen LogP contribution in [0.15, 0.2) is 52.9 Å². The van der Waals surface area contributed by atoms with Crippen molar-refractivity contribution >= 4 is 28.0 Å². The summed E-state index contributed by atoms with van der Waals surface area (Å²) in [7, 11) is 0. The average Bonchev–Trinajstić information content (AvgIpc) is 3.66. The lowest BCUT2D eigenvalue weighted by atomic mass is 10.0. The Morgan fingerprint density at radius 2 is 1.76 bits per heavy atom. The molecule has 4 aromatic rings. The van der Waals surface area contributed by atoms with Gasteiger partial charge in [-0.25, -0.2) is 4.98 Å². The Kier molecular flexibility index (Phi) is 9.06. The van der Waals surface area contributed by atoms with Gasteiger partial charge in [-0.3, -0.25) is 4.57 Å². The normalized spacial score (nSPS) is 21.2. The summed E-state index contributed by atoms with van der Waals surface area (Å²) in [5, 5.41) is 65.7. The number of benzene rings is 2. The third-order valence-corrected chi connectivity index (χ3v) is 7.33. The van der Waals surface area contributed by atoms with Crippen LogP contribution in [-0.4, -0.2) is 104 Å². The van der Waals surface area contributed by atoms with Gasteiger partial charge in [-0.05, 0) is 43.3 Å². The molecule has 13 heteroatoms. The minimum Gasteiger partial charge on any atom is -0.493 e. The number of aliphatic hydroxyl groups is 6. The van der Waals surface area contributed by atoms with Crippen LogP contribution in [0.5, 0.6) is 5.75 Å². The van der Waals surface area contributed by atoms with Crippen LogP contribution in [0.25, 0.3) is 22.0 Å². The second kappa shape index (κ2) is 12.7. The minimum atomic E-state index is -1.26. The predicted molar refractivity (Wildman–Crippen MR) is 148 cm³/mol. The number of para-hydroxylation sites is 2. The first-order valence-corrected chi connectivity index (χ1v) is 13.5. The Morgan fingerprint density at radius 3 is 2.49 bits per heavy atom. The van der Waals surface area contributed by atoms with E-state index in [4.69, 9.17) is 13.9 Å². The number of nitrogens with one attached hydrogen (secondary N) is 2. The van der Waals surface area contributed by atoms with Crippen molar-refractivity contribution in [2.24, 2.45) is 0 Å². The molecule has 8 N–H and O–H groups in total. The van der Waals surface area contributed by atoms with Crippen molar-refractivity contribution in [2.45, 2.75) is 43.0 Å². The molecule has 0 aliphatic carbocycles. The van der Waals surface area contributed by atoms with Crippen LogP contribution >= 0.6 is 0 Å². The highest BCUT2D eigenvalue weighted by atomic mass is 16.6. The second-order valence-corrected chi connectivity index (χ2v) is 10.2. The summed E-state index contributed by atoms with van der Waals surface area (Å²) < 4.78 is 19.3. The van der Waals surface area contributed by atoms with Crippen LogP contribution in [0.4, 0.5) is 5.95 Å². The Hall–Kier alpha value is -3.27. The number of ether oxygens (including phenoxy) is 2. The van der Waals surface area contributed by atoms with E-state index in [2.05, 4.69) is 15.6 Å². The van der Waals surface area contributed by atoms with Crippen molar-refractivity contribution in [2.75, 3.05) is 44.9 Å². The van der Waals surface area contributed by atoms with Gasteiger partial charge in [0.05, 0.1) is 56.2 Å². The smallest absolute Gasteiger partial charge is 0.206 e. The van der Waals surface area contributed by atoms with Crippen molar-refractivity contribution in [1.82, 2.24) is 14.9 Å². The summed E-state index contributed by atoms with van der Waals surface area (Å²) in [5.41, 5.74) is 0.883. The van der Waals surface area contributed by atoms with Crippen molar-refractivity contribution in [1.29, 1.82) is 0 Å². The number of furan rings is 1. The Labute approximate surface area is 235 Å². The van der Waals surface area contributed by atoms with E-state index in [1.807, 2.05) is 42.5 Å². The number of hydrogen-bond donors (Lipinski definition) is 8. The molecule has 0 saturated carbocycles. The largest absolute Gasteiger partial charge is 0.493 e. The lowest BCUT2D eigenvalue weighted by molar-refractivity contribution is -0.0499. The molecule has 1 saturated heterocycles. The predicted octanol–water partition coefficient (Wildman–Crippen LogP) is 0.0803. The molecule has 222 valence electrons. The van der Waals surface area contributed by atoms with E-state index >= 15 is 0 Å². The molecule has 13 nitrogen and oxygen atoms in total. The van der Waals surface area contributed by atoms with Crippen LogP contribution in [0.3, 0.4) is 0 Å². The van der Waals surface area contributed by atoms with Gasteiger partial charge in [-0.1, -0.05) is 12.1 Å². The first kappa shape index (κ1) is 29.2. The minimum absolute atomic E-state index is 0.275. The summed E-state index contributed by atoms with van der Waals surface area (Å²) in [6.07, 6.45) is -3.77. The molecule has 41 heavy (non-hydrogen) atoms. The SMILES string of the molecule is OC[C@H]1O[C@@H](n2c(NCc3cc4ccc(OCCCNC(CO)(CO)CO)cc4o3)nc3ccccc32)[C@H](O)[C@@H]1O. The number of aliphatic hydroxyl groups excluding tert-OH is 6. The molecule has 5 rings (SSSR count). The van der Waals surface area contributed by atoms with Crippen LogP contribution in [0.2, 0.25) is 0 Å². The lowest BCUT2D eigenvalue weighted by Gasteiger charge is -2.28. The van der Waals surface area contributed by atoms with Gasteiger partial charge >= 0.3 is 0 Å². The molecule has 1 aliphatic heterocycles. The maximum absolute atomic E-state index is 10.7. The Morgan fingerprint density at radius 1 is 0.976 bits per heavy atom. The summed E-state index contributed by atoms with van der Waals surface area (Å²) in [5.74, 6) is 1.66. The molecule has 0 unspecified atom stereocenters. The Balaban J connectivity index is 1.24. The van der Waals surface area contributed by atoms with E-state index < -0.39 is 36.7 Å². The molecule has 2 aromatic carbocycles. The van der Waals surface area contributed by atoms with Gasteiger partial charge in [0.2, 0.25) is 5.95 Å². The highest BCUT2D eigenvalue weighted by molar-refractivity contribution is 5.80. The zero-order chi connectivity index (χ0) is 29.0. The number of anilines is 1. The quantitative estimate of drug-likeness (QED) is 0.0950. The molecular weight excluding hydrogens is 536 g/mol. The monoisotopic (exact) mass is 572 g/mol. The molecule has 0 amide bonds. The van der Waals surface area contributed by atoms with Gasteiger partial charge in [0, 0.05) is 11.5 Å². The fourth-order valence-corrected chi connectivity index (χ4v) is 4.86. The number of aromatic nitrogens is 2. The van der Waals surface area contributed by atoms with Gasteiger partial charge in [-0.15, -0.1) is 0 Å². The van der Waals surface area contributed by atoms with E-state index in [1.54, 1.807) is 10.6 Å².